The molecule has 1 atom stereocenters. The van der Waals surface area contributed by atoms with E-state index in [-0.39, 0.29) is 6.10 Å². The summed E-state index contributed by atoms with van der Waals surface area (Å²) in [6.45, 7) is 7.61. The maximum absolute atomic E-state index is 5.79. The average Bonchev–Trinajstić information content (AvgIpc) is 3.24. The summed E-state index contributed by atoms with van der Waals surface area (Å²) in [5, 5.41) is 15.3. The number of aromatic nitrogens is 3. The number of guanidine groups is 1. The van der Waals surface area contributed by atoms with Gasteiger partial charge in [-0.3, -0.25) is 0 Å². The molecule has 3 rings (SSSR count). The molecule has 0 aliphatic carbocycles. The number of ether oxygens (including phenoxy) is 2. The molecule has 8 nitrogen and oxygen atoms in total. The Labute approximate surface area is 155 Å². The third-order valence-corrected chi connectivity index (χ3v) is 4.76. The van der Waals surface area contributed by atoms with Gasteiger partial charge in [-0.05, 0) is 32.6 Å². The van der Waals surface area contributed by atoms with Crippen LogP contribution in [0.3, 0.4) is 0 Å². The van der Waals surface area contributed by atoms with Gasteiger partial charge in [0.15, 0.2) is 11.8 Å². The molecule has 0 spiro atoms. The predicted octanol–water partition coefficient (Wildman–Crippen LogP) is 1.26. The molecule has 2 N–H and O–H groups in total. The fraction of sp³-hybridized carbons (Fsp3) is 0.833. The van der Waals surface area contributed by atoms with E-state index >= 15 is 0 Å². The van der Waals surface area contributed by atoms with Gasteiger partial charge in [-0.2, -0.15) is 0 Å². The number of aryl methyl sites for hydroxylation is 1. The summed E-state index contributed by atoms with van der Waals surface area (Å²) in [4.78, 5) is 4.68. The van der Waals surface area contributed by atoms with E-state index in [1.54, 1.807) is 0 Å². The minimum absolute atomic E-state index is 0.278. The van der Waals surface area contributed by atoms with Crippen LogP contribution < -0.4 is 10.6 Å². The van der Waals surface area contributed by atoms with Crippen LogP contribution >= 0.6 is 0 Å². The number of fused-ring (bicyclic) bond motifs is 1. The number of hydrogen-bond donors (Lipinski definition) is 2. The highest BCUT2D eigenvalue weighted by molar-refractivity contribution is 5.79. The molecule has 0 amide bonds. The van der Waals surface area contributed by atoms with Crippen LogP contribution in [0.15, 0.2) is 4.99 Å². The number of rotatable bonds is 8. The third-order valence-electron chi connectivity index (χ3n) is 4.76. The highest BCUT2D eigenvalue weighted by atomic mass is 16.5. The van der Waals surface area contributed by atoms with E-state index in [9.17, 15) is 0 Å². The van der Waals surface area contributed by atoms with Crippen molar-refractivity contribution in [3.8, 4) is 0 Å². The minimum Gasteiger partial charge on any atom is -0.379 e. The first-order valence-corrected chi connectivity index (χ1v) is 9.99. The molecule has 1 saturated heterocycles. The highest BCUT2D eigenvalue weighted by Crippen LogP contribution is 2.14. The van der Waals surface area contributed by atoms with Gasteiger partial charge in [0.2, 0.25) is 0 Å². The van der Waals surface area contributed by atoms with Crippen molar-refractivity contribution in [3.63, 3.8) is 0 Å². The number of hydrogen-bond acceptors (Lipinski definition) is 5. The zero-order chi connectivity index (χ0) is 18.0. The molecule has 8 heteroatoms. The zero-order valence-electron chi connectivity index (χ0n) is 15.9. The lowest BCUT2D eigenvalue weighted by Gasteiger charge is -2.13. The second-order valence-electron chi connectivity index (χ2n) is 6.83. The summed E-state index contributed by atoms with van der Waals surface area (Å²) in [5.74, 6) is 2.89. The van der Waals surface area contributed by atoms with E-state index < -0.39 is 0 Å². The quantitative estimate of drug-likeness (QED) is 0.410. The van der Waals surface area contributed by atoms with Gasteiger partial charge in [-0.15, -0.1) is 10.2 Å². The molecule has 146 valence electrons. The number of nitrogens with one attached hydrogen (secondary N) is 2. The van der Waals surface area contributed by atoms with Gasteiger partial charge < -0.3 is 24.7 Å². The van der Waals surface area contributed by atoms with Crippen molar-refractivity contribution < 1.29 is 9.47 Å². The maximum Gasteiger partial charge on any atom is 0.191 e. The lowest BCUT2D eigenvalue weighted by atomic mass is 10.2. The minimum atomic E-state index is 0.278. The summed E-state index contributed by atoms with van der Waals surface area (Å²) in [6.07, 6.45) is 6.95. The molecule has 0 aromatic carbocycles. The van der Waals surface area contributed by atoms with Gasteiger partial charge >= 0.3 is 0 Å². The maximum atomic E-state index is 5.79. The molecular weight excluding hydrogens is 332 g/mol. The standard InChI is InChI=1S/C18H32N6O2/c1-2-19-18(20-9-6-11-26-15-8-12-25-14-15)21-13-17-23-22-16-7-4-3-5-10-24(16)17/h15H,2-14H2,1H3,(H2,19,20,21). The fourth-order valence-electron chi connectivity index (χ4n) is 3.33. The average molecular weight is 364 g/mol. The Kier molecular flexibility index (Phi) is 7.69. The first-order valence-electron chi connectivity index (χ1n) is 9.99. The van der Waals surface area contributed by atoms with Gasteiger partial charge in [-0.25, -0.2) is 4.99 Å². The summed E-state index contributed by atoms with van der Waals surface area (Å²) in [7, 11) is 0. The molecule has 0 radical (unpaired) electrons. The van der Waals surface area contributed by atoms with E-state index in [4.69, 9.17) is 9.47 Å². The molecule has 0 saturated carbocycles. The lowest BCUT2D eigenvalue weighted by Crippen LogP contribution is -2.38. The van der Waals surface area contributed by atoms with E-state index in [0.717, 1.165) is 76.3 Å². The molecule has 2 aliphatic rings. The summed E-state index contributed by atoms with van der Waals surface area (Å²) in [6, 6.07) is 0. The Hall–Kier alpha value is -1.67. The van der Waals surface area contributed by atoms with Crippen LogP contribution in [-0.2, 0) is 29.0 Å². The largest absolute Gasteiger partial charge is 0.379 e. The monoisotopic (exact) mass is 364 g/mol. The normalized spacial score (nSPS) is 20.7. The molecule has 3 heterocycles. The summed E-state index contributed by atoms with van der Waals surface area (Å²) >= 11 is 0. The van der Waals surface area contributed by atoms with Gasteiger partial charge in [0, 0.05) is 39.3 Å². The first kappa shape index (κ1) is 19.1. The van der Waals surface area contributed by atoms with Crippen LogP contribution in [0.2, 0.25) is 0 Å². The molecule has 2 aliphatic heterocycles. The Balaban J connectivity index is 1.44. The van der Waals surface area contributed by atoms with Gasteiger partial charge in [0.1, 0.15) is 12.4 Å². The van der Waals surface area contributed by atoms with Crippen LogP contribution in [0, 0.1) is 0 Å². The topological polar surface area (TPSA) is 85.6 Å². The molecular formula is C18H32N6O2. The van der Waals surface area contributed by atoms with E-state index in [1.165, 1.54) is 19.3 Å². The molecule has 26 heavy (non-hydrogen) atoms. The Bertz CT molecular complexity index is 568. The second-order valence-corrected chi connectivity index (χ2v) is 6.83. The van der Waals surface area contributed by atoms with Crippen molar-refractivity contribution in [2.45, 2.75) is 64.6 Å². The predicted molar refractivity (Wildman–Crippen MR) is 100 cm³/mol. The Morgan fingerprint density at radius 1 is 1.31 bits per heavy atom. The second kappa shape index (κ2) is 10.5. The summed E-state index contributed by atoms with van der Waals surface area (Å²) < 4.78 is 13.4. The van der Waals surface area contributed by atoms with Crippen molar-refractivity contribution >= 4 is 5.96 Å². The molecule has 1 aromatic rings. The van der Waals surface area contributed by atoms with Crippen LogP contribution in [0.1, 0.15) is 50.7 Å². The van der Waals surface area contributed by atoms with Crippen molar-refractivity contribution in [2.24, 2.45) is 4.99 Å². The smallest absolute Gasteiger partial charge is 0.191 e. The Morgan fingerprint density at radius 2 is 2.27 bits per heavy atom. The molecule has 0 bridgehead atoms. The van der Waals surface area contributed by atoms with Crippen LogP contribution in [0.5, 0.6) is 0 Å². The highest BCUT2D eigenvalue weighted by Gasteiger charge is 2.16. The molecule has 1 aromatic heterocycles. The number of aliphatic imine (C=N–C) groups is 1. The van der Waals surface area contributed by atoms with Crippen molar-refractivity contribution in [3.05, 3.63) is 11.6 Å². The van der Waals surface area contributed by atoms with Crippen LogP contribution in [0.25, 0.3) is 0 Å². The molecule has 1 unspecified atom stereocenters. The van der Waals surface area contributed by atoms with Gasteiger partial charge in [-0.1, -0.05) is 6.42 Å². The fourth-order valence-corrected chi connectivity index (χ4v) is 3.33. The lowest BCUT2D eigenvalue weighted by molar-refractivity contribution is 0.0420. The van der Waals surface area contributed by atoms with Crippen molar-refractivity contribution in [1.29, 1.82) is 0 Å². The van der Waals surface area contributed by atoms with E-state index in [1.807, 2.05) is 0 Å². The van der Waals surface area contributed by atoms with E-state index in [2.05, 4.69) is 37.3 Å². The van der Waals surface area contributed by atoms with Crippen LogP contribution in [0.4, 0.5) is 0 Å². The van der Waals surface area contributed by atoms with Crippen molar-refractivity contribution in [1.82, 2.24) is 25.4 Å². The van der Waals surface area contributed by atoms with Gasteiger partial charge in [0.25, 0.3) is 0 Å². The summed E-state index contributed by atoms with van der Waals surface area (Å²) in [5.41, 5.74) is 0. The first-order chi connectivity index (χ1) is 12.9. The van der Waals surface area contributed by atoms with Gasteiger partial charge in [0.05, 0.1) is 12.7 Å². The molecule has 1 fully saturated rings. The van der Waals surface area contributed by atoms with E-state index in [0.29, 0.717) is 6.54 Å². The zero-order valence-corrected chi connectivity index (χ0v) is 15.9. The SMILES string of the molecule is CCNC(=NCc1nnc2n1CCCCC2)NCCCOC1CCOC1. The van der Waals surface area contributed by atoms with Crippen LogP contribution in [-0.4, -0.2) is 59.7 Å². The Morgan fingerprint density at radius 3 is 3.12 bits per heavy atom. The van der Waals surface area contributed by atoms with Crippen molar-refractivity contribution in [2.75, 3.05) is 32.9 Å². The third kappa shape index (κ3) is 5.67. The number of nitrogens with zero attached hydrogens (tertiary/aromatic N) is 4.